The molecule has 7 heteroatoms. The molecule has 0 aliphatic rings. The summed E-state index contributed by atoms with van der Waals surface area (Å²) in [7, 11) is 1.79. The molecule has 0 aliphatic heterocycles. The van der Waals surface area contributed by atoms with Gasteiger partial charge in [-0.1, -0.05) is 58.4 Å². The summed E-state index contributed by atoms with van der Waals surface area (Å²) in [5.41, 5.74) is 4.24. The SMILES string of the molecule is CCOC(=O)c1cc(-c2ccc(Br)cc2)n(-c2ccc(C(=O)N(C)Cc3ccccc3)cc2)n1. The van der Waals surface area contributed by atoms with Crippen molar-refractivity contribution in [1.82, 2.24) is 14.7 Å². The Labute approximate surface area is 206 Å². The summed E-state index contributed by atoms with van der Waals surface area (Å²) >= 11 is 3.45. The van der Waals surface area contributed by atoms with Crippen molar-refractivity contribution in [2.75, 3.05) is 13.7 Å². The van der Waals surface area contributed by atoms with Gasteiger partial charge in [-0.05, 0) is 55.0 Å². The van der Waals surface area contributed by atoms with E-state index >= 15 is 0 Å². The minimum atomic E-state index is -0.478. The summed E-state index contributed by atoms with van der Waals surface area (Å²) in [5.74, 6) is -0.551. The maximum absolute atomic E-state index is 12.9. The van der Waals surface area contributed by atoms with Crippen LogP contribution >= 0.6 is 15.9 Å². The van der Waals surface area contributed by atoms with Crippen LogP contribution < -0.4 is 0 Å². The highest BCUT2D eigenvalue weighted by Gasteiger charge is 2.18. The van der Waals surface area contributed by atoms with Crippen LogP contribution in [0.2, 0.25) is 0 Å². The van der Waals surface area contributed by atoms with Gasteiger partial charge in [0, 0.05) is 29.2 Å². The monoisotopic (exact) mass is 517 g/mol. The predicted molar refractivity (Wildman–Crippen MR) is 135 cm³/mol. The molecule has 1 amide bonds. The van der Waals surface area contributed by atoms with Crippen LogP contribution in [-0.4, -0.2) is 40.2 Å². The minimum absolute atomic E-state index is 0.0729. The van der Waals surface area contributed by atoms with E-state index in [9.17, 15) is 9.59 Å². The van der Waals surface area contributed by atoms with E-state index in [1.165, 1.54) is 0 Å². The third-order valence-electron chi connectivity index (χ3n) is 5.30. The fourth-order valence-corrected chi connectivity index (χ4v) is 3.87. The number of carbonyl (C=O) groups excluding carboxylic acids is 2. The number of benzene rings is 3. The standard InChI is InChI=1S/C27H24BrN3O3/c1-3-34-27(33)24-17-25(20-9-13-22(28)14-10-20)31(29-24)23-15-11-21(12-16-23)26(32)30(2)18-19-7-5-4-6-8-19/h4-17H,3,18H2,1-2H3. The molecule has 0 bridgehead atoms. The average molecular weight is 518 g/mol. The molecule has 34 heavy (non-hydrogen) atoms. The topological polar surface area (TPSA) is 64.4 Å². The van der Waals surface area contributed by atoms with Gasteiger partial charge in [0.25, 0.3) is 5.91 Å². The Morgan fingerprint density at radius 1 is 0.971 bits per heavy atom. The number of carbonyl (C=O) groups is 2. The Hall–Kier alpha value is -3.71. The maximum Gasteiger partial charge on any atom is 0.358 e. The van der Waals surface area contributed by atoms with Gasteiger partial charge in [-0.25, -0.2) is 9.48 Å². The molecule has 4 aromatic rings. The lowest BCUT2D eigenvalue weighted by Gasteiger charge is -2.17. The number of aromatic nitrogens is 2. The van der Waals surface area contributed by atoms with Crippen molar-refractivity contribution in [2.24, 2.45) is 0 Å². The number of esters is 1. The van der Waals surface area contributed by atoms with Gasteiger partial charge >= 0.3 is 5.97 Å². The number of rotatable bonds is 7. The zero-order valence-corrected chi connectivity index (χ0v) is 20.5. The van der Waals surface area contributed by atoms with E-state index < -0.39 is 5.97 Å². The van der Waals surface area contributed by atoms with Crippen LogP contribution in [0.1, 0.15) is 33.3 Å². The first-order chi connectivity index (χ1) is 16.5. The molecule has 0 fully saturated rings. The molecule has 0 N–H and O–H groups in total. The molecule has 1 aromatic heterocycles. The van der Waals surface area contributed by atoms with Crippen molar-refractivity contribution in [3.8, 4) is 16.9 Å². The van der Waals surface area contributed by atoms with Gasteiger partial charge in [0.15, 0.2) is 5.69 Å². The van der Waals surface area contributed by atoms with E-state index in [-0.39, 0.29) is 18.2 Å². The molecular weight excluding hydrogens is 494 g/mol. The number of halogens is 1. The number of nitrogens with zero attached hydrogens (tertiary/aromatic N) is 3. The van der Waals surface area contributed by atoms with Crippen molar-refractivity contribution < 1.29 is 14.3 Å². The third kappa shape index (κ3) is 5.26. The van der Waals surface area contributed by atoms with E-state index in [0.717, 1.165) is 27.0 Å². The van der Waals surface area contributed by atoms with E-state index in [2.05, 4.69) is 21.0 Å². The van der Waals surface area contributed by atoms with Crippen molar-refractivity contribution in [2.45, 2.75) is 13.5 Å². The van der Waals surface area contributed by atoms with Crippen molar-refractivity contribution in [3.05, 3.63) is 106 Å². The number of hydrogen-bond acceptors (Lipinski definition) is 4. The molecule has 6 nitrogen and oxygen atoms in total. The van der Waals surface area contributed by atoms with Gasteiger partial charge in [-0.15, -0.1) is 0 Å². The van der Waals surface area contributed by atoms with Crippen LogP contribution in [0.4, 0.5) is 0 Å². The number of amides is 1. The summed E-state index contributed by atoms with van der Waals surface area (Å²) in [4.78, 5) is 26.9. The van der Waals surface area contributed by atoms with Crippen LogP contribution in [-0.2, 0) is 11.3 Å². The fourth-order valence-electron chi connectivity index (χ4n) is 3.60. The number of hydrogen-bond donors (Lipinski definition) is 0. The van der Waals surface area contributed by atoms with Gasteiger partial charge in [-0.2, -0.15) is 5.10 Å². The van der Waals surface area contributed by atoms with E-state index in [1.54, 1.807) is 41.8 Å². The number of ether oxygens (including phenoxy) is 1. The molecule has 0 unspecified atom stereocenters. The molecule has 0 saturated carbocycles. The molecule has 1 heterocycles. The zero-order chi connectivity index (χ0) is 24.1. The average Bonchev–Trinajstić information content (AvgIpc) is 3.30. The van der Waals surface area contributed by atoms with Crippen molar-refractivity contribution in [1.29, 1.82) is 0 Å². The molecule has 0 spiro atoms. The van der Waals surface area contributed by atoms with Crippen LogP contribution in [0, 0.1) is 0 Å². The Balaban J connectivity index is 1.62. The van der Waals surface area contributed by atoms with Crippen LogP contribution in [0.25, 0.3) is 16.9 Å². The second-order valence-corrected chi connectivity index (χ2v) is 8.66. The van der Waals surface area contributed by atoms with Gasteiger partial charge in [0.2, 0.25) is 0 Å². The van der Waals surface area contributed by atoms with Crippen LogP contribution in [0.15, 0.2) is 89.4 Å². The fraction of sp³-hybridized carbons (Fsp3) is 0.148. The minimum Gasteiger partial charge on any atom is -0.461 e. The molecule has 0 atom stereocenters. The molecule has 4 rings (SSSR count). The summed E-state index contributed by atoms with van der Waals surface area (Å²) in [6, 6.07) is 26.5. The van der Waals surface area contributed by atoms with Gasteiger partial charge < -0.3 is 9.64 Å². The first-order valence-electron chi connectivity index (χ1n) is 10.9. The maximum atomic E-state index is 12.9. The largest absolute Gasteiger partial charge is 0.461 e. The van der Waals surface area contributed by atoms with Crippen molar-refractivity contribution in [3.63, 3.8) is 0 Å². The van der Waals surface area contributed by atoms with Crippen LogP contribution in [0.3, 0.4) is 0 Å². The van der Waals surface area contributed by atoms with E-state index in [4.69, 9.17) is 4.74 Å². The molecule has 0 radical (unpaired) electrons. The lowest BCUT2D eigenvalue weighted by molar-refractivity contribution is 0.0518. The molecular formula is C27H24BrN3O3. The summed E-state index contributed by atoms with van der Waals surface area (Å²) in [6.07, 6.45) is 0. The zero-order valence-electron chi connectivity index (χ0n) is 18.9. The second-order valence-electron chi connectivity index (χ2n) is 7.75. The first kappa shape index (κ1) is 23.4. The van der Waals surface area contributed by atoms with Gasteiger partial charge in [0.1, 0.15) is 0 Å². The molecule has 3 aromatic carbocycles. The Bertz CT molecular complexity index is 1280. The predicted octanol–water partition coefficient (Wildman–Crippen LogP) is 5.75. The molecule has 0 saturated heterocycles. The quantitative estimate of drug-likeness (QED) is 0.292. The van der Waals surface area contributed by atoms with Gasteiger partial charge in [0.05, 0.1) is 18.0 Å². The summed E-state index contributed by atoms with van der Waals surface area (Å²) in [6.45, 7) is 2.55. The van der Waals surface area contributed by atoms with E-state index in [0.29, 0.717) is 12.1 Å². The molecule has 0 aliphatic carbocycles. The molecule has 172 valence electrons. The Morgan fingerprint density at radius 2 is 1.65 bits per heavy atom. The lowest BCUT2D eigenvalue weighted by Crippen LogP contribution is -2.26. The van der Waals surface area contributed by atoms with Gasteiger partial charge in [-0.3, -0.25) is 4.79 Å². The highest BCUT2D eigenvalue weighted by atomic mass is 79.9. The second kappa shape index (κ2) is 10.5. The lowest BCUT2D eigenvalue weighted by atomic mass is 10.1. The third-order valence-corrected chi connectivity index (χ3v) is 5.83. The van der Waals surface area contributed by atoms with Crippen LogP contribution in [0.5, 0.6) is 0 Å². The highest BCUT2D eigenvalue weighted by Crippen LogP contribution is 2.26. The summed E-state index contributed by atoms with van der Waals surface area (Å²) in [5, 5.41) is 4.50. The van der Waals surface area contributed by atoms with E-state index in [1.807, 2.05) is 66.7 Å². The Morgan fingerprint density at radius 3 is 2.29 bits per heavy atom. The normalized spacial score (nSPS) is 10.7. The summed E-state index contributed by atoms with van der Waals surface area (Å²) < 4.78 is 7.79. The highest BCUT2D eigenvalue weighted by molar-refractivity contribution is 9.10. The van der Waals surface area contributed by atoms with Crippen molar-refractivity contribution >= 4 is 27.8 Å². The Kier molecular flexibility index (Phi) is 7.23. The smallest absolute Gasteiger partial charge is 0.358 e. The first-order valence-corrected chi connectivity index (χ1v) is 11.7.